The Hall–Kier alpha value is -2.67. The van der Waals surface area contributed by atoms with Gasteiger partial charge in [-0.05, 0) is 38.3 Å². The normalized spacial score (nSPS) is 11.9. The molecule has 0 unspecified atom stereocenters. The summed E-state index contributed by atoms with van der Waals surface area (Å²) in [5, 5.41) is 3.50. The summed E-state index contributed by atoms with van der Waals surface area (Å²) in [4.78, 5) is 13.1. The maximum absolute atomic E-state index is 6.04. The molecule has 0 radical (unpaired) electrons. The van der Waals surface area contributed by atoms with Crippen molar-refractivity contribution in [3.05, 3.63) is 41.7 Å². The van der Waals surface area contributed by atoms with Crippen molar-refractivity contribution in [1.29, 1.82) is 0 Å². The van der Waals surface area contributed by atoms with E-state index >= 15 is 0 Å². The van der Waals surface area contributed by atoms with Crippen LogP contribution in [0.25, 0.3) is 11.2 Å². The number of hydrogen-bond donors (Lipinski definition) is 2. The van der Waals surface area contributed by atoms with Gasteiger partial charge in [-0.15, -0.1) is 0 Å². The molecule has 0 aliphatic heterocycles. The molecule has 0 aliphatic rings. The minimum atomic E-state index is 0.102. The van der Waals surface area contributed by atoms with Crippen LogP contribution in [0.15, 0.2) is 30.6 Å². The molecule has 3 N–H and O–H groups in total. The van der Waals surface area contributed by atoms with Crippen LogP contribution in [0.2, 0.25) is 0 Å². The van der Waals surface area contributed by atoms with E-state index in [4.69, 9.17) is 10.5 Å². The summed E-state index contributed by atoms with van der Waals surface area (Å²) in [6, 6.07) is 8.87. The van der Waals surface area contributed by atoms with E-state index in [-0.39, 0.29) is 5.54 Å². The third kappa shape index (κ3) is 5.19. The lowest BCUT2D eigenvalue weighted by atomic mass is 10.1. The molecule has 0 spiro atoms. The van der Waals surface area contributed by atoms with Gasteiger partial charge >= 0.3 is 6.01 Å². The number of ether oxygens (including phenoxy) is 1. The highest BCUT2D eigenvalue weighted by Crippen LogP contribution is 2.20. The highest BCUT2D eigenvalue weighted by Gasteiger charge is 2.13. The molecule has 0 bridgehead atoms. The average molecular weight is 383 g/mol. The topological polar surface area (TPSA) is 90.9 Å². The number of unbranched alkanes of at least 4 members (excludes halogenated alkanes) is 1. The molecule has 3 aromatic rings. The maximum atomic E-state index is 6.04. The number of rotatable bonds is 8. The molecule has 7 nitrogen and oxygen atoms in total. The van der Waals surface area contributed by atoms with Crippen molar-refractivity contribution in [3.8, 4) is 6.01 Å². The van der Waals surface area contributed by atoms with Crippen LogP contribution in [-0.4, -0.2) is 31.7 Å². The van der Waals surface area contributed by atoms with Crippen molar-refractivity contribution in [2.75, 3.05) is 12.3 Å². The van der Waals surface area contributed by atoms with Gasteiger partial charge in [0.25, 0.3) is 0 Å². The van der Waals surface area contributed by atoms with Gasteiger partial charge in [0, 0.05) is 12.1 Å². The minimum absolute atomic E-state index is 0.102. The summed E-state index contributed by atoms with van der Waals surface area (Å²) < 4.78 is 7.60. The fraction of sp³-hybridized carbons (Fsp3) is 0.476. The number of fused-ring (bicyclic) bond motifs is 1. The highest BCUT2D eigenvalue weighted by molar-refractivity contribution is 5.81. The Balaban J connectivity index is 1.74. The second kappa shape index (κ2) is 8.56. The van der Waals surface area contributed by atoms with Gasteiger partial charge in [0.2, 0.25) is 0 Å². The average Bonchev–Trinajstić information content (AvgIpc) is 3.04. The largest absolute Gasteiger partial charge is 0.463 e. The number of imidazole rings is 1. The predicted molar refractivity (Wildman–Crippen MR) is 112 cm³/mol. The van der Waals surface area contributed by atoms with Gasteiger partial charge in [-0.25, -0.2) is 4.98 Å². The lowest BCUT2D eigenvalue weighted by Crippen LogP contribution is -2.35. The van der Waals surface area contributed by atoms with E-state index < -0.39 is 0 Å². The van der Waals surface area contributed by atoms with Crippen molar-refractivity contribution < 1.29 is 4.74 Å². The Morgan fingerprint density at radius 1 is 1.11 bits per heavy atom. The van der Waals surface area contributed by atoms with E-state index in [9.17, 15) is 0 Å². The number of nitrogens with one attached hydrogen (secondary N) is 1. The van der Waals surface area contributed by atoms with Crippen molar-refractivity contribution in [2.45, 2.75) is 59.2 Å². The van der Waals surface area contributed by atoms with Crippen LogP contribution >= 0.6 is 0 Å². The zero-order valence-electron chi connectivity index (χ0n) is 17.2. The lowest BCUT2D eigenvalue weighted by molar-refractivity contribution is 0.286. The number of benzene rings is 1. The third-order valence-corrected chi connectivity index (χ3v) is 4.40. The van der Waals surface area contributed by atoms with E-state index in [1.165, 1.54) is 11.1 Å². The van der Waals surface area contributed by atoms with E-state index in [0.717, 1.165) is 19.4 Å². The first-order valence-electron chi connectivity index (χ1n) is 9.79. The first-order valence-corrected chi connectivity index (χ1v) is 9.79. The number of aromatic nitrogens is 4. The standard InChI is InChI=1S/C21H30N6O/c1-5-6-11-28-20-25-18(22)17-19(26-20)27(14-23-17)13-16-9-7-15(8-10-16)12-24-21(2,3)4/h7-10,14,24H,5-6,11-13H2,1-4H3,(H2,22,25,26). The Kier molecular flexibility index (Phi) is 6.14. The second-order valence-corrected chi connectivity index (χ2v) is 8.06. The van der Waals surface area contributed by atoms with Gasteiger partial charge in [-0.1, -0.05) is 37.6 Å². The monoisotopic (exact) mass is 382 g/mol. The molecule has 0 saturated heterocycles. The first kappa shape index (κ1) is 20.1. The molecular weight excluding hydrogens is 352 g/mol. The zero-order chi connectivity index (χ0) is 20.1. The Labute approximate surface area is 166 Å². The molecule has 0 saturated carbocycles. The van der Waals surface area contributed by atoms with Crippen molar-refractivity contribution in [1.82, 2.24) is 24.8 Å². The van der Waals surface area contributed by atoms with E-state index in [0.29, 0.717) is 36.1 Å². The molecule has 1 aromatic carbocycles. The fourth-order valence-electron chi connectivity index (χ4n) is 2.76. The van der Waals surface area contributed by atoms with Gasteiger partial charge in [-0.2, -0.15) is 9.97 Å². The quantitative estimate of drug-likeness (QED) is 0.579. The molecule has 0 atom stereocenters. The van der Waals surface area contributed by atoms with Crippen molar-refractivity contribution >= 4 is 17.0 Å². The number of hydrogen-bond acceptors (Lipinski definition) is 6. The predicted octanol–water partition coefficient (Wildman–Crippen LogP) is 3.52. The molecule has 0 fully saturated rings. The van der Waals surface area contributed by atoms with Crippen LogP contribution in [0.5, 0.6) is 6.01 Å². The summed E-state index contributed by atoms with van der Waals surface area (Å²) >= 11 is 0. The summed E-state index contributed by atoms with van der Waals surface area (Å²) in [6.45, 7) is 10.7. The summed E-state index contributed by atoms with van der Waals surface area (Å²) in [5.41, 5.74) is 9.87. The Morgan fingerprint density at radius 3 is 2.50 bits per heavy atom. The van der Waals surface area contributed by atoms with Crippen LogP contribution in [-0.2, 0) is 13.1 Å². The van der Waals surface area contributed by atoms with Gasteiger partial charge in [0.15, 0.2) is 17.0 Å². The van der Waals surface area contributed by atoms with Crippen molar-refractivity contribution in [2.24, 2.45) is 0 Å². The SMILES string of the molecule is CCCCOc1nc(N)c2ncn(Cc3ccc(CNC(C)(C)C)cc3)c2n1. The number of nitrogen functional groups attached to an aromatic ring is 1. The van der Waals surface area contributed by atoms with E-state index in [1.807, 2.05) is 4.57 Å². The summed E-state index contributed by atoms with van der Waals surface area (Å²) in [6.07, 6.45) is 3.76. The van der Waals surface area contributed by atoms with Gasteiger partial charge < -0.3 is 20.4 Å². The molecular formula is C21H30N6O. The smallest absolute Gasteiger partial charge is 0.320 e. The fourth-order valence-corrected chi connectivity index (χ4v) is 2.76. The number of anilines is 1. The van der Waals surface area contributed by atoms with Crippen molar-refractivity contribution in [3.63, 3.8) is 0 Å². The molecule has 2 aromatic heterocycles. The van der Waals surface area contributed by atoms with Gasteiger partial charge in [0.05, 0.1) is 19.5 Å². The summed E-state index contributed by atoms with van der Waals surface area (Å²) in [7, 11) is 0. The van der Waals surface area contributed by atoms with Crippen LogP contribution in [0.3, 0.4) is 0 Å². The van der Waals surface area contributed by atoms with Gasteiger partial charge in [-0.3, -0.25) is 0 Å². The molecule has 0 aliphatic carbocycles. The third-order valence-electron chi connectivity index (χ3n) is 4.40. The second-order valence-electron chi connectivity index (χ2n) is 8.06. The molecule has 150 valence electrons. The molecule has 7 heteroatoms. The maximum Gasteiger partial charge on any atom is 0.320 e. The van der Waals surface area contributed by atoms with E-state index in [1.54, 1.807) is 6.33 Å². The first-order chi connectivity index (χ1) is 13.4. The molecule has 28 heavy (non-hydrogen) atoms. The number of nitrogens with zero attached hydrogens (tertiary/aromatic N) is 4. The van der Waals surface area contributed by atoms with Crippen LogP contribution in [0.1, 0.15) is 51.7 Å². The number of nitrogens with two attached hydrogens (primary N) is 1. The van der Waals surface area contributed by atoms with Crippen LogP contribution < -0.4 is 15.8 Å². The summed E-state index contributed by atoms with van der Waals surface area (Å²) in [5.74, 6) is 0.346. The zero-order valence-corrected chi connectivity index (χ0v) is 17.2. The molecule has 2 heterocycles. The molecule has 3 rings (SSSR count). The minimum Gasteiger partial charge on any atom is -0.463 e. The van der Waals surface area contributed by atoms with Crippen LogP contribution in [0, 0.1) is 0 Å². The van der Waals surface area contributed by atoms with E-state index in [2.05, 4.69) is 72.2 Å². The van der Waals surface area contributed by atoms with Gasteiger partial charge in [0.1, 0.15) is 0 Å². The lowest BCUT2D eigenvalue weighted by Gasteiger charge is -2.20. The highest BCUT2D eigenvalue weighted by atomic mass is 16.5. The molecule has 0 amide bonds. The Morgan fingerprint density at radius 2 is 1.82 bits per heavy atom. The van der Waals surface area contributed by atoms with Crippen LogP contribution in [0.4, 0.5) is 5.82 Å². The Bertz CT molecular complexity index is 911.